The average Bonchev–Trinajstić information content (AvgIpc) is 3.37. The van der Waals surface area contributed by atoms with Crippen LogP contribution in [0.4, 0.5) is 0 Å². The van der Waals surface area contributed by atoms with Crippen LogP contribution >= 0.6 is 0 Å². The Balaban J connectivity index is 1.39. The molecule has 2 saturated carbocycles. The molecule has 0 aromatic carbocycles. The molecule has 0 bridgehead atoms. The summed E-state index contributed by atoms with van der Waals surface area (Å²) in [6.07, 6.45) is 11.9. The molecule has 4 nitrogen and oxygen atoms in total. The highest BCUT2D eigenvalue weighted by atomic mass is 16.2. The first-order chi connectivity index (χ1) is 11.1. The molecule has 0 unspecified atom stereocenters. The van der Waals surface area contributed by atoms with E-state index in [-0.39, 0.29) is 11.3 Å². The summed E-state index contributed by atoms with van der Waals surface area (Å²) < 4.78 is 0. The van der Waals surface area contributed by atoms with Gasteiger partial charge in [-0.1, -0.05) is 26.2 Å². The smallest absolute Gasteiger partial charge is 0.228 e. The number of nitrogens with zero attached hydrogens (tertiary/aromatic N) is 1. The predicted molar refractivity (Wildman–Crippen MR) is 90.9 cm³/mol. The lowest BCUT2D eigenvalue weighted by Crippen LogP contribution is -2.47. The number of nitrogens with one attached hydrogen (secondary N) is 1. The maximum atomic E-state index is 12.8. The van der Waals surface area contributed by atoms with Gasteiger partial charge in [-0.2, -0.15) is 0 Å². The van der Waals surface area contributed by atoms with Crippen LogP contribution in [-0.2, 0) is 9.59 Å². The summed E-state index contributed by atoms with van der Waals surface area (Å²) in [5.41, 5.74) is -0.102. The molecule has 3 fully saturated rings. The third-order valence-corrected chi connectivity index (χ3v) is 6.10. The van der Waals surface area contributed by atoms with Crippen LogP contribution in [0.5, 0.6) is 0 Å². The van der Waals surface area contributed by atoms with Crippen LogP contribution in [0.3, 0.4) is 0 Å². The zero-order valence-corrected chi connectivity index (χ0v) is 14.6. The van der Waals surface area contributed by atoms with Crippen molar-refractivity contribution in [2.45, 2.75) is 83.6 Å². The van der Waals surface area contributed by atoms with Gasteiger partial charge in [0.15, 0.2) is 0 Å². The predicted octanol–water partition coefficient (Wildman–Crippen LogP) is 3.25. The summed E-state index contributed by atoms with van der Waals surface area (Å²) in [6.45, 7) is 3.95. The largest absolute Gasteiger partial charge is 0.353 e. The van der Waals surface area contributed by atoms with Gasteiger partial charge in [0.1, 0.15) is 0 Å². The molecule has 1 aliphatic heterocycles. The van der Waals surface area contributed by atoms with Crippen molar-refractivity contribution >= 4 is 11.8 Å². The zero-order valence-electron chi connectivity index (χ0n) is 14.6. The molecule has 130 valence electrons. The van der Waals surface area contributed by atoms with E-state index < -0.39 is 0 Å². The first kappa shape index (κ1) is 16.8. The van der Waals surface area contributed by atoms with Crippen molar-refractivity contribution in [3.8, 4) is 0 Å². The standard InChI is InChI=1S/C19H32N2O2/c1-19(11-3-2-4-12-19)18(23)21-13-9-15(10-14-21)5-8-17(22)20-16-6-7-16/h15-16H,2-14H2,1H3,(H,20,22). The maximum absolute atomic E-state index is 12.8. The molecule has 4 heteroatoms. The molecule has 2 aliphatic carbocycles. The molecule has 0 radical (unpaired) electrons. The van der Waals surface area contributed by atoms with Gasteiger partial charge in [-0.3, -0.25) is 9.59 Å². The van der Waals surface area contributed by atoms with Gasteiger partial charge in [0.25, 0.3) is 0 Å². The second kappa shape index (κ2) is 7.23. The minimum atomic E-state index is -0.102. The molecule has 1 heterocycles. The van der Waals surface area contributed by atoms with Crippen LogP contribution < -0.4 is 5.32 Å². The van der Waals surface area contributed by atoms with Gasteiger partial charge in [-0.05, 0) is 50.9 Å². The van der Waals surface area contributed by atoms with Gasteiger partial charge < -0.3 is 10.2 Å². The molecule has 1 saturated heterocycles. The molecule has 3 rings (SSSR count). The summed E-state index contributed by atoms with van der Waals surface area (Å²) in [4.78, 5) is 26.7. The van der Waals surface area contributed by atoms with Crippen molar-refractivity contribution in [3.05, 3.63) is 0 Å². The van der Waals surface area contributed by atoms with Gasteiger partial charge in [-0.25, -0.2) is 0 Å². The van der Waals surface area contributed by atoms with Crippen molar-refractivity contribution in [1.29, 1.82) is 0 Å². The Labute approximate surface area is 140 Å². The molecular weight excluding hydrogens is 288 g/mol. The van der Waals surface area contributed by atoms with Crippen LogP contribution in [-0.4, -0.2) is 35.8 Å². The molecule has 23 heavy (non-hydrogen) atoms. The lowest BCUT2D eigenvalue weighted by molar-refractivity contribution is -0.144. The number of hydrogen-bond acceptors (Lipinski definition) is 2. The molecule has 2 amide bonds. The highest BCUT2D eigenvalue weighted by Gasteiger charge is 2.38. The van der Waals surface area contributed by atoms with Crippen LogP contribution in [0, 0.1) is 11.3 Å². The number of hydrogen-bond donors (Lipinski definition) is 1. The molecule has 3 aliphatic rings. The Bertz CT molecular complexity index is 431. The third kappa shape index (κ3) is 4.48. The van der Waals surface area contributed by atoms with E-state index in [0.29, 0.717) is 24.3 Å². The first-order valence-corrected chi connectivity index (χ1v) is 9.65. The fraction of sp³-hybridized carbons (Fsp3) is 0.895. The highest BCUT2D eigenvalue weighted by molar-refractivity contribution is 5.82. The highest BCUT2D eigenvalue weighted by Crippen LogP contribution is 2.38. The van der Waals surface area contributed by atoms with Gasteiger partial charge in [0.05, 0.1) is 0 Å². The Morgan fingerprint density at radius 1 is 1.04 bits per heavy atom. The van der Waals surface area contributed by atoms with E-state index in [1.54, 1.807) is 0 Å². The van der Waals surface area contributed by atoms with Crippen molar-refractivity contribution in [3.63, 3.8) is 0 Å². The second-order valence-electron chi connectivity index (χ2n) is 8.24. The fourth-order valence-electron chi connectivity index (χ4n) is 4.22. The number of amides is 2. The Morgan fingerprint density at radius 3 is 2.30 bits per heavy atom. The quantitative estimate of drug-likeness (QED) is 0.845. The summed E-state index contributed by atoms with van der Waals surface area (Å²) in [5, 5.41) is 3.06. The molecule has 1 N–H and O–H groups in total. The van der Waals surface area contributed by atoms with E-state index >= 15 is 0 Å². The Kier molecular flexibility index (Phi) is 5.27. The number of piperidine rings is 1. The van der Waals surface area contributed by atoms with Gasteiger partial charge >= 0.3 is 0 Å². The van der Waals surface area contributed by atoms with E-state index in [4.69, 9.17) is 0 Å². The number of likely N-dealkylation sites (tertiary alicyclic amines) is 1. The minimum absolute atomic E-state index is 0.102. The van der Waals surface area contributed by atoms with Crippen molar-refractivity contribution in [1.82, 2.24) is 10.2 Å². The SMILES string of the molecule is CC1(C(=O)N2CCC(CCC(=O)NC3CC3)CC2)CCCCC1. The second-order valence-corrected chi connectivity index (χ2v) is 8.24. The van der Waals surface area contributed by atoms with Crippen LogP contribution in [0.25, 0.3) is 0 Å². The Morgan fingerprint density at radius 2 is 1.70 bits per heavy atom. The minimum Gasteiger partial charge on any atom is -0.353 e. The van der Waals surface area contributed by atoms with Crippen molar-refractivity contribution in [2.24, 2.45) is 11.3 Å². The van der Waals surface area contributed by atoms with Crippen LogP contribution in [0.15, 0.2) is 0 Å². The first-order valence-electron chi connectivity index (χ1n) is 9.65. The van der Waals surface area contributed by atoms with Gasteiger partial charge in [-0.15, -0.1) is 0 Å². The van der Waals surface area contributed by atoms with Gasteiger partial charge in [0, 0.05) is 31.0 Å². The lowest BCUT2D eigenvalue weighted by atomic mass is 9.74. The molecular formula is C19H32N2O2. The van der Waals surface area contributed by atoms with Crippen LogP contribution in [0.1, 0.15) is 77.6 Å². The van der Waals surface area contributed by atoms with Crippen LogP contribution in [0.2, 0.25) is 0 Å². The summed E-state index contributed by atoms with van der Waals surface area (Å²) in [7, 11) is 0. The van der Waals surface area contributed by atoms with E-state index in [1.165, 1.54) is 19.3 Å². The van der Waals surface area contributed by atoms with E-state index in [9.17, 15) is 9.59 Å². The Hall–Kier alpha value is -1.06. The summed E-state index contributed by atoms with van der Waals surface area (Å²) >= 11 is 0. The molecule has 0 aromatic rings. The van der Waals surface area contributed by atoms with Gasteiger partial charge in [0.2, 0.25) is 11.8 Å². The van der Waals surface area contributed by atoms with Crippen molar-refractivity contribution in [2.75, 3.05) is 13.1 Å². The zero-order chi connectivity index (χ0) is 16.3. The summed E-state index contributed by atoms with van der Waals surface area (Å²) in [5.74, 6) is 1.23. The normalized spacial score (nSPS) is 25.2. The topological polar surface area (TPSA) is 49.4 Å². The molecule has 0 spiro atoms. The third-order valence-electron chi connectivity index (χ3n) is 6.10. The van der Waals surface area contributed by atoms with E-state index in [1.807, 2.05) is 0 Å². The lowest BCUT2D eigenvalue weighted by Gasteiger charge is -2.40. The maximum Gasteiger partial charge on any atom is 0.228 e. The number of rotatable bonds is 5. The number of carbonyl (C=O) groups is 2. The average molecular weight is 320 g/mol. The fourth-order valence-corrected chi connectivity index (χ4v) is 4.22. The van der Waals surface area contributed by atoms with Crippen molar-refractivity contribution < 1.29 is 9.59 Å². The molecule has 0 aromatic heterocycles. The molecule has 0 atom stereocenters. The number of carbonyl (C=O) groups excluding carboxylic acids is 2. The monoisotopic (exact) mass is 320 g/mol. The summed E-state index contributed by atoms with van der Waals surface area (Å²) in [6, 6.07) is 0.471. The van der Waals surface area contributed by atoms with E-state index in [2.05, 4.69) is 17.1 Å². The van der Waals surface area contributed by atoms with E-state index in [0.717, 1.165) is 58.0 Å².